The van der Waals surface area contributed by atoms with Crippen LogP contribution in [0.1, 0.15) is 49.9 Å². The molecule has 3 heteroatoms. The van der Waals surface area contributed by atoms with Crippen molar-refractivity contribution in [1.82, 2.24) is 0 Å². The summed E-state index contributed by atoms with van der Waals surface area (Å²) in [6.45, 7) is 9.51. The summed E-state index contributed by atoms with van der Waals surface area (Å²) in [6.07, 6.45) is 0. The Hall–Kier alpha value is -8.66. The molecule has 71 heavy (non-hydrogen) atoms. The Morgan fingerprint density at radius 1 is 0.268 bits per heavy atom. The van der Waals surface area contributed by atoms with Crippen molar-refractivity contribution >= 4 is 72.7 Å². The zero-order chi connectivity index (χ0) is 47.8. The van der Waals surface area contributed by atoms with E-state index >= 15 is 0 Å². The standard InChI is InChI=1S/C68H53N3/c1-67(2)59-36-17-16-35-58(59)65-61(67)38-21-39-62(65)70(49-25-7-5-8-26-49)53-31-19-29-51(44-53)69(55-41-40-46-22-11-12-23-47(46)42-55)52-30-20-32-54(45-52)71(50-27-9-6-10-28-50)63-43-48-24-13-14-33-56(48)64-57-34-15-18-37-60(57)68(3,4)66(63)64/h5-45H,1-4H3. The van der Waals surface area contributed by atoms with Crippen LogP contribution in [0, 0.1) is 0 Å². The molecule has 3 nitrogen and oxygen atoms in total. The minimum atomic E-state index is -0.255. The minimum Gasteiger partial charge on any atom is -0.310 e. The Morgan fingerprint density at radius 3 is 1.37 bits per heavy atom. The molecule has 0 fully saturated rings. The highest BCUT2D eigenvalue weighted by molar-refractivity contribution is 6.07. The fourth-order valence-electron chi connectivity index (χ4n) is 12.0. The van der Waals surface area contributed by atoms with Crippen LogP contribution >= 0.6 is 0 Å². The molecule has 340 valence electrons. The molecule has 13 rings (SSSR count). The van der Waals surface area contributed by atoms with E-state index in [1.165, 1.54) is 71.7 Å². The van der Waals surface area contributed by atoms with Gasteiger partial charge in [-0.25, -0.2) is 0 Å². The maximum atomic E-state index is 2.49. The third-order valence-electron chi connectivity index (χ3n) is 15.3. The average molecular weight is 912 g/mol. The number of anilines is 9. The molecule has 11 aromatic carbocycles. The van der Waals surface area contributed by atoms with E-state index in [9.17, 15) is 0 Å². The van der Waals surface area contributed by atoms with Gasteiger partial charge in [0.05, 0.1) is 11.4 Å². The lowest BCUT2D eigenvalue weighted by molar-refractivity contribution is 0.660. The van der Waals surface area contributed by atoms with Crippen molar-refractivity contribution in [3.8, 4) is 22.3 Å². The van der Waals surface area contributed by atoms with Gasteiger partial charge in [-0.05, 0) is 145 Å². The molecule has 2 aliphatic rings. The van der Waals surface area contributed by atoms with Crippen molar-refractivity contribution in [3.63, 3.8) is 0 Å². The van der Waals surface area contributed by atoms with Crippen LogP contribution in [0.4, 0.5) is 51.2 Å². The first-order valence-corrected chi connectivity index (χ1v) is 24.8. The van der Waals surface area contributed by atoms with Crippen LogP contribution in [0.25, 0.3) is 43.8 Å². The van der Waals surface area contributed by atoms with Crippen molar-refractivity contribution in [2.75, 3.05) is 14.7 Å². The Morgan fingerprint density at radius 2 is 0.718 bits per heavy atom. The quantitative estimate of drug-likeness (QED) is 0.143. The lowest BCUT2D eigenvalue weighted by Crippen LogP contribution is -2.21. The Bertz CT molecular complexity index is 3850. The molecule has 2 aliphatic carbocycles. The van der Waals surface area contributed by atoms with E-state index in [0.29, 0.717) is 0 Å². The average Bonchev–Trinajstić information content (AvgIpc) is 3.80. The van der Waals surface area contributed by atoms with Gasteiger partial charge in [-0.1, -0.05) is 191 Å². The van der Waals surface area contributed by atoms with Gasteiger partial charge in [-0.3, -0.25) is 0 Å². The topological polar surface area (TPSA) is 9.72 Å². The van der Waals surface area contributed by atoms with Crippen molar-refractivity contribution in [3.05, 3.63) is 271 Å². The van der Waals surface area contributed by atoms with Gasteiger partial charge < -0.3 is 14.7 Å². The number of benzene rings is 11. The number of rotatable bonds is 9. The summed E-state index contributed by atoms with van der Waals surface area (Å²) in [5.41, 5.74) is 20.1. The lowest BCUT2D eigenvalue weighted by Gasteiger charge is -2.34. The second-order valence-corrected chi connectivity index (χ2v) is 20.2. The number of nitrogens with zero attached hydrogens (tertiary/aromatic N) is 3. The summed E-state index contributed by atoms with van der Waals surface area (Å²) in [6, 6.07) is 91.6. The second-order valence-electron chi connectivity index (χ2n) is 20.2. The van der Waals surface area contributed by atoms with Crippen LogP contribution in [0.5, 0.6) is 0 Å². The van der Waals surface area contributed by atoms with Crippen molar-refractivity contribution in [2.24, 2.45) is 0 Å². The van der Waals surface area contributed by atoms with Crippen LogP contribution in [0.3, 0.4) is 0 Å². The van der Waals surface area contributed by atoms with Crippen LogP contribution in [0.15, 0.2) is 249 Å². The van der Waals surface area contributed by atoms with Crippen molar-refractivity contribution < 1.29 is 0 Å². The van der Waals surface area contributed by atoms with E-state index in [1.807, 2.05) is 0 Å². The molecule has 0 aromatic heterocycles. The van der Waals surface area contributed by atoms with Crippen LogP contribution in [-0.2, 0) is 10.8 Å². The first kappa shape index (κ1) is 42.4. The molecule has 0 bridgehead atoms. The molecular formula is C68H53N3. The first-order chi connectivity index (χ1) is 34.8. The van der Waals surface area contributed by atoms with Gasteiger partial charge in [0.2, 0.25) is 0 Å². The normalized spacial score (nSPS) is 13.6. The van der Waals surface area contributed by atoms with Gasteiger partial charge in [-0.15, -0.1) is 0 Å². The molecule has 11 aromatic rings. The summed E-state index contributed by atoms with van der Waals surface area (Å²) >= 11 is 0. The zero-order valence-corrected chi connectivity index (χ0v) is 40.5. The van der Waals surface area contributed by atoms with Crippen LogP contribution in [-0.4, -0.2) is 0 Å². The highest BCUT2D eigenvalue weighted by atomic mass is 15.2. The molecule has 0 aliphatic heterocycles. The van der Waals surface area contributed by atoms with Gasteiger partial charge in [0.1, 0.15) is 0 Å². The van der Waals surface area contributed by atoms with E-state index in [4.69, 9.17) is 0 Å². The predicted octanol–water partition coefficient (Wildman–Crippen LogP) is 19.0. The maximum absolute atomic E-state index is 2.49. The number of hydrogen-bond acceptors (Lipinski definition) is 3. The van der Waals surface area contributed by atoms with Gasteiger partial charge in [0.25, 0.3) is 0 Å². The van der Waals surface area contributed by atoms with Gasteiger partial charge in [-0.2, -0.15) is 0 Å². The largest absolute Gasteiger partial charge is 0.310 e. The number of fused-ring (bicyclic) bond motifs is 9. The highest BCUT2D eigenvalue weighted by Crippen LogP contribution is 2.58. The molecular weight excluding hydrogens is 859 g/mol. The van der Waals surface area contributed by atoms with Gasteiger partial charge >= 0.3 is 0 Å². The van der Waals surface area contributed by atoms with Crippen molar-refractivity contribution in [1.29, 1.82) is 0 Å². The minimum absolute atomic E-state index is 0.135. The predicted molar refractivity (Wildman–Crippen MR) is 301 cm³/mol. The summed E-state index contributed by atoms with van der Waals surface area (Å²) in [5, 5.41) is 4.90. The SMILES string of the molecule is CC1(C)c2ccccc2-c2c(N(c3ccccc3)c3cccc(N(c4cccc(N(c5ccccc5)c5cc6ccccc6c6c5C(C)(C)c5ccccc5-6)c4)c4ccc5ccccc5c4)c3)cccc21. The lowest BCUT2D eigenvalue weighted by atomic mass is 9.80. The fraction of sp³-hybridized carbons (Fsp3) is 0.0882. The second kappa shape index (κ2) is 16.5. The van der Waals surface area contributed by atoms with E-state index < -0.39 is 0 Å². The van der Waals surface area contributed by atoms with E-state index in [-0.39, 0.29) is 10.8 Å². The Balaban J connectivity index is 1.02. The molecule has 0 saturated heterocycles. The van der Waals surface area contributed by atoms with E-state index in [2.05, 4.69) is 291 Å². The Kier molecular flexibility index (Phi) is 9.86. The summed E-state index contributed by atoms with van der Waals surface area (Å²) in [7, 11) is 0. The summed E-state index contributed by atoms with van der Waals surface area (Å²) in [5.74, 6) is 0. The Labute approximate surface area is 417 Å². The molecule has 0 saturated carbocycles. The molecule has 0 unspecified atom stereocenters. The third-order valence-corrected chi connectivity index (χ3v) is 15.3. The first-order valence-electron chi connectivity index (χ1n) is 24.8. The summed E-state index contributed by atoms with van der Waals surface area (Å²) < 4.78 is 0. The smallest absolute Gasteiger partial charge is 0.0543 e. The fourth-order valence-corrected chi connectivity index (χ4v) is 12.0. The maximum Gasteiger partial charge on any atom is 0.0543 e. The van der Waals surface area contributed by atoms with Gasteiger partial charge in [0, 0.05) is 56.2 Å². The molecule has 0 spiro atoms. The van der Waals surface area contributed by atoms with Crippen molar-refractivity contribution in [2.45, 2.75) is 38.5 Å². The molecule has 0 N–H and O–H groups in total. The molecule has 0 atom stereocenters. The van der Waals surface area contributed by atoms with E-state index in [0.717, 1.165) is 45.5 Å². The van der Waals surface area contributed by atoms with Crippen LogP contribution in [0.2, 0.25) is 0 Å². The van der Waals surface area contributed by atoms with E-state index in [1.54, 1.807) is 0 Å². The summed E-state index contributed by atoms with van der Waals surface area (Å²) in [4.78, 5) is 7.38. The highest BCUT2D eigenvalue weighted by Gasteiger charge is 2.41. The zero-order valence-electron chi connectivity index (χ0n) is 40.5. The number of para-hydroxylation sites is 2. The monoisotopic (exact) mass is 911 g/mol. The van der Waals surface area contributed by atoms with Crippen LogP contribution < -0.4 is 14.7 Å². The number of hydrogen-bond donors (Lipinski definition) is 0. The molecule has 0 amide bonds. The third kappa shape index (κ3) is 6.79. The molecule has 0 radical (unpaired) electrons. The van der Waals surface area contributed by atoms with Gasteiger partial charge in [0.15, 0.2) is 0 Å². The molecule has 0 heterocycles.